The Labute approximate surface area is 78.7 Å². The summed E-state index contributed by atoms with van der Waals surface area (Å²) >= 11 is 0. The molecule has 0 fully saturated rings. The second-order valence-electron chi connectivity index (χ2n) is 3.23. The lowest BCUT2D eigenvalue weighted by molar-refractivity contribution is 0.403. The molecule has 0 unspecified atom stereocenters. The molecular weight excluding hydrogens is 164 g/mol. The molecule has 0 spiro atoms. The van der Waals surface area contributed by atoms with Gasteiger partial charge >= 0.3 is 0 Å². The van der Waals surface area contributed by atoms with Gasteiger partial charge in [0.05, 0.1) is 13.3 Å². The van der Waals surface area contributed by atoms with Gasteiger partial charge in [-0.1, -0.05) is 11.6 Å². The molecule has 0 radical (unpaired) electrons. The summed E-state index contributed by atoms with van der Waals surface area (Å²) in [6, 6.07) is 4.00. The molecule has 3 heteroatoms. The van der Waals surface area contributed by atoms with Crippen molar-refractivity contribution in [2.45, 2.75) is 20.0 Å². The van der Waals surface area contributed by atoms with Crippen LogP contribution in [0.1, 0.15) is 22.9 Å². The van der Waals surface area contributed by atoms with Crippen molar-refractivity contribution < 1.29 is 4.74 Å². The number of hydrogen-bond acceptors (Lipinski definition) is 3. The number of hydrogen-bond donors (Lipinski definition) is 2. The first-order valence-electron chi connectivity index (χ1n) is 4.22. The maximum Gasteiger partial charge on any atom is 0.127 e. The molecule has 0 amide bonds. The van der Waals surface area contributed by atoms with E-state index >= 15 is 0 Å². The van der Waals surface area contributed by atoms with Crippen LogP contribution in [0.4, 0.5) is 0 Å². The first kappa shape index (κ1) is 10.0. The largest absolute Gasteiger partial charge is 0.496 e. The molecule has 0 aliphatic carbocycles. The van der Waals surface area contributed by atoms with Gasteiger partial charge in [-0.3, -0.25) is 0 Å². The highest BCUT2D eigenvalue weighted by molar-refractivity contribution is 5.45. The van der Waals surface area contributed by atoms with Gasteiger partial charge < -0.3 is 16.2 Å². The zero-order valence-electron chi connectivity index (χ0n) is 8.29. The van der Waals surface area contributed by atoms with E-state index in [1.54, 1.807) is 7.11 Å². The first-order chi connectivity index (χ1) is 6.06. The van der Waals surface area contributed by atoms with E-state index in [1.807, 2.05) is 26.0 Å². The Morgan fingerprint density at radius 2 is 1.85 bits per heavy atom. The summed E-state index contributed by atoms with van der Waals surface area (Å²) in [6.07, 6.45) is -0.478. The molecule has 0 atom stereocenters. The maximum atomic E-state index is 5.63. The average molecular weight is 180 g/mol. The Hall–Kier alpha value is -1.06. The van der Waals surface area contributed by atoms with E-state index in [-0.39, 0.29) is 0 Å². The summed E-state index contributed by atoms with van der Waals surface area (Å²) in [5, 5.41) is 0. The summed E-state index contributed by atoms with van der Waals surface area (Å²) in [7, 11) is 1.63. The number of nitrogens with two attached hydrogens (primary N) is 2. The number of ether oxygens (including phenoxy) is 1. The number of methoxy groups -OCH3 is 1. The van der Waals surface area contributed by atoms with Crippen LogP contribution in [0.3, 0.4) is 0 Å². The van der Waals surface area contributed by atoms with Gasteiger partial charge in [0.2, 0.25) is 0 Å². The van der Waals surface area contributed by atoms with Gasteiger partial charge in [0.1, 0.15) is 5.75 Å². The summed E-state index contributed by atoms with van der Waals surface area (Å²) in [5.74, 6) is 0.792. The molecule has 0 aliphatic rings. The summed E-state index contributed by atoms with van der Waals surface area (Å²) in [4.78, 5) is 0. The van der Waals surface area contributed by atoms with E-state index in [0.717, 1.165) is 22.4 Å². The normalized spacial score (nSPS) is 10.6. The third-order valence-electron chi connectivity index (χ3n) is 2.01. The fourth-order valence-corrected chi connectivity index (χ4v) is 1.51. The van der Waals surface area contributed by atoms with Gasteiger partial charge in [-0.15, -0.1) is 0 Å². The van der Waals surface area contributed by atoms with E-state index in [4.69, 9.17) is 16.2 Å². The minimum Gasteiger partial charge on any atom is -0.496 e. The van der Waals surface area contributed by atoms with Gasteiger partial charge in [0.25, 0.3) is 0 Å². The van der Waals surface area contributed by atoms with Crippen molar-refractivity contribution in [2.24, 2.45) is 11.5 Å². The standard InChI is InChI=1S/C10H16N2O/c1-6-4-7(2)9(13-3)8(5-6)10(11)12/h4-5,10H,11-12H2,1-3H3. The smallest absolute Gasteiger partial charge is 0.127 e. The molecule has 0 heterocycles. The SMILES string of the molecule is COc1c(C)cc(C)cc1C(N)N. The van der Waals surface area contributed by atoms with E-state index in [9.17, 15) is 0 Å². The van der Waals surface area contributed by atoms with Gasteiger partial charge in [-0.25, -0.2) is 0 Å². The van der Waals surface area contributed by atoms with E-state index < -0.39 is 6.17 Å². The Morgan fingerprint density at radius 3 is 2.31 bits per heavy atom. The molecule has 0 saturated heterocycles. The van der Waals surface area contributed by atoms with Crippen molar-refractivity contribution in [1.29, 1.82) is 0 Å². The number of aryl methyl sites for hydroxylation is 2. The van der Waals surface area contributed by atoms with Crippen LogP contribution in [-0.2, 0) is 0 Å². The van der Waals surface area contributed by atoms with Gasteiger partial charge in [-0.2, -0.15) is 0 Å². The molecule has 0 bridgehead atoms. The van der Waals surface area contributed by atoms with Crippen LogP contribution < -0.4 is 16.2 Å². The first-order valence-corrected chi connectivity index (χ1v) is 4.22. The molecule has 0 aliphatic heterocycles. The van der Waals surface area contributed by atoms with Gasteiger partial charge in [-0.05, 0) is 25.5 Å². The third-order valence-corrected chi connectivity index (χ3v) is 2.01. The minimum atomic E-state index is -0.478. The number of benzene rings is 1. The van der Waals surface area contributed by atoms with Crippen LogP contribution in [-0.4, -0.2) is 7.11 Å². The monoisotopic (exact) mass is 180 g/mol. The van der Waals surface area contributed by atoms with E-state index in [0.29, 0.717) is 0 Å². The van der Waals surface area contributed by atoms with Crippen LogP contribution in [0.25, 0.3) is 0 Å². The van der Waals surface area contributed by atoms with Crippen molar-refractivity contribution >= 4 is 0 Å². The predicted molar refractivity (Wildman–Crippen MR) is 53.6 cm³/mol. The van der Waals surface area contributed by atoms with Crippen molar-refractivity contribution in [3.05, 3.63) is 28.8 Å². The second-order valence-corrected chi connectivity index (χ2v) is 3.23. The minimum absolute atomic E-state index is 0.478. The Balaban J connectivity index is 3.29. The van der Waals surface area contributed by atoms with E-state index in [1.165, 1.54) is 0 Å². The van der Waals surface area contributed by atoms with Crippen LogP contribution in [0.5, 0.6) is 5.75 Å². The van der Waals surface area contributed by atoms with Crippen LogP contribution >= 0.6 is 0 Å². The Bertz CT molecular complexity index is 308. The quantitative estimate of drug-likeness (QED) is 0.673. The van der Waals surface area contributed by atoms with E-state index in [2.05, 4.69) is 0 Å². The molecule has 0 saturated carbocycles. The van der Waals surface area contributed by atoms with Crippen molar-refractivity contribution in [3.8, 4) is 5.75 Å². The zero-order chi connectivity index (χ0) is 10.0. The highest BCUT2D eigenvalue weighted by atomic mass is 16.5. The maximum absolute atomic E-state index is 5.63. The van der Waals surface area contributed by atoms with Crippen molar-refractivity contribution in [1.82, 2.24) is 0 Å². The average Bonchev–Trinajstić information content (AvgIpc) is 2.02. The lowest BCUT2D eigenvalue weighted by Gasteiger charge is -2.15. The Kier molecular flexibility index (Phi) is 2.90. The van der Waals surface area contributed by atoms with Crippen molar-refractivity contribution in [3.63, 3.8) is 0 Å². The highest BCUT2D eigenvalue weighted by Gasteiger charge is 2.10. The molecule has 4 N–H and O–H groups in total. The summed E-state index contributed by atoms with van der Waals surface area (Å²) < 4.78 is 5.23. The molecule has 1 aromatic rings. The van der Waals surface area contributed by atoms with Crippen molar-refractivity contribution in [2.75, 3.05) is 7.11 Å². The third kappa shape index (κ3) is 1.99. The topological polar surface area (TPSA) is 61.3 Å². The predicted octanol–water partition coefficient (Wildman–Crippen LogP) is 1.23. The summed E-state index contributed by atoms with van der Waals surface area (Å²) in [6.45, 7) is 4.00. The molecule has 1 rings (SSSR count). The number of rotatable bonds is 2. The van der Waals surface area contributed by atoms with Crippen LogP contribution in [0.2, 0.25) is 0 Å². The van der Waals surface area contributed by atoms with Gasteiger partial charge in [0, 0.05) is 5.56 Å². The fraction of sp³-hybridized carbons (Fsp3) is 0.400. The molecule has 13 heavy (non-hydrogen) atoms. The fourth-order valence-electron chi connectivity index (χ4n) is 1.51. The molecule has 3 nitrogen and oxygen atoms in total. The van der Waals surface area contributed by atoms with Gasteiger partial charge in [0.15, 0.2) is 0 Å². The molecule has 0 aromatic heterocycles. The molecular formula is C10H16N2O. The zero-order valence-corrected chi connectivity index (χ0v) is 8.29. The van der Waals surface area contributed by atoms with Crippen LogP contribution in [0.15, 0.2) is 12.1 Å². The highest BCUT2D eigenvalue weighted by Crippen LogP contribution is 2.27. The molecule has 72 valence electrons. The second kappa shape index (κ2) is 3.77. The lowest BCUT2D eigenvalue weighted by Crippen LogP contribution is -2.21. The molecule has 1 aromatic carbocycles. The lowest BCUT2D eigenvalue weighted by atomic mass is 10.0. The Morgan fingerprint density at radius 1 is 1.23 bits per heavy atom. The summed E-state index contributed by atoms with van der Waals surface area (Å²) in [5.41, 5.74) is 14.3. The van der Waals surface area contributed by atoms with Crippen LogP contribution in [0, 0.1) is 13.8 Å².